The van der Waals surface area contributed by atoms with E-state index >= 15 is 0 Å². The van der Waals surface area contributed by atoms with Gasteiger partial charge in [0.05, 0.1) is 0 Å². The Balaban J connectivity index is 1.73. The second kappa shape index (κ2) is 6.26. The van der Waals surface area contributed by atoms with Crippen molar-refractivity contribution in [1.29, 1.82) is 0 Å². The van der Waals surface area contributed by atoms with Crippen LogP contribution in [0, 0.1) is 0 Å². The molecule has 2 fully saturated rings. The van der Waals surface area contributed by atoms with Crippen LogP contribution < -0.4 is 10.4 Å². The fourth-order valence-corrected chi connectivity index (χ4v) is 4.52. The van der Waals surface area contributed by atoms with E-state index in [1.165, 1.54) is 24.1 Å². The topological polar surface area (TPSA) is 34.1 Å². The number of aliphatic imine (C=N–C) groups is 1. The first-order valence-corrected chi connectivity index (χ1v) is 10.7. The zero-order valence-corrected chi connectivity index (χ0v) is 18.7. The molecule has 2 heterocycles. The van der Waals surface area contributed by atoms with Gasteiger partial charge in [0, 0.05) is 0 Å². The molecule has 0 N–H and O–H groups in total. The first-order chi connectivity index (χ1) is 12.2. The van der Waals surface area contributed by atoms with Gasteiger partial charge in [-0.2, -0.15) is 0 Å². The average molecular weight is 414 g/mol. The SMILES string of the molecule is CC1C=CN=C([AsH2])N1c1cc(B2OC(C)(C)C(C)(C)O2)cc(C2CC2)c1. The molecule has 1 aromatic carbocycles. The average Bonchev–Trinajstić information content (AvgIpc) is 3.35. The molecule has 4 nitrogen and oxygen atoms in total. The second-order valence-electron chi connectivity index (χ2n) is 8.66. The van der Waals surface area contributed by atoms with Gasteiger partial charge in [0.1, 0.15) is 0 Å². The summed E-state index contributed by atoms with van der Waals surface area (Å²) in [6.45, 7) is 10.6. The Labute approximate surface area is 165 Å². The van der Waals surface area contributed by atoms with Crippen LogP contribution in [-0.2, 0) is 9.31 Å². The molecule has 6 heteroatoms. The number of rotatable bonds is 3. The number of benzene rings is 1. The summed E-state index contributed by atoms with van der Waals surface area (Å²) >= 11 is 1.55. The molecule has 2 aliphatic heterocycles. The van der Waals surface area contributed by atoms with Crippen molar-refractivity contribution in [2.45, 2.75) is 70.6 Å². The van der Waals surface area contributed by atoms with Gasteiger partial charge < -0.3 is 0 Å². The molecule has 138 valence electrons. The van der Waals surface area contributed by atoms with Crippen molar-refractivity contribution in [3.63, 3.8) is 0 Å². The zero-order valence-electron chi connectivity index (χ0n) is 16.3. The molecule has 26 heavy (non-hydrogen) atoms. The van der Waals surface area contributed by atoms with Crippen LogP contribution in [-0.4, -0.2) is 45.8 Å². The normalized spacial score (nSPS) is 27.0. The van der Waals surface area contributed by atoms with Gasteiger partial charge in [-0.05, 0) is 0 Å². The summed E-state index contributed by atoms with van der Waals surface area (Å²) in [6, 6.07) is 7.14. The van der Waals surface area contributed by atoms with Crippen LogP contribution in [0.2, 0.25) is 0 Å². The number of hydrogen-bond donors (Lipinski definition) is 0. The molecule has 2 unspecified atom stereocenters. The summed E-state index contributed by atoms with van der Waals surface area (Å²) < 4.78 is 13.7. The van der Waals surface area contributed by atoms with E-state index in [0.717, 1.165) is 10.1 Å². The summed E-state index contributed by atoms with van der Waals surface area (Å²) in [7, 11) is -0.323. The van der Waals surface area contributed by atoms with Crippen LogP contribution in [0.3, 0.4) is 0 Å². The van der Waals surface area contributed by atoms with Crippen LogP contribution in [0.15, 0.2) is 35.5 Å². The zero-order chi connectivity index (χ0) is 18.7. The minimum absolute atomic E-state index is 0.301. The van der Waals surface area contributed by atoms with Crippen molar-refractivity contribution in [2.75, 3.05) is 4.90 Å². The third kappa shape index (κ3) is 3.19. The molecular weight excluding hydrogens is 386 g/mol. The first kappa shape index (κ1) is 18.3. The molecule has 2 atom stereocenters. The quantitative estimate of drug-likeness (QED) is 0.714. The standard InChI is InChI=1S/C20H28AsBN2O2/c1-13-8-9-23-18(21)24(13)17-11-15(14-6-7-14)10-16(12-17)22-25-19(2,3)20(4,5)26-22/h8-14H,6-7,21H2,1-5H3. The van der Waals surface area contributed by atoms with Crippen LogP contribution in [0.25, 0.3) is 0 Å². The molecule has 0 bridgehead atoms. The molecule has 0 spiro atoms. The van der Waals surface area contributed by atoms with Crippen molar-refractivity contribution in [3.05, 3.63) is 36.0 Å². The molecule has 1 aliphatic carbocycles. The van der Waals surface area contributed by atoms with Crippen LogP contribution in [0.4, 0.5) is 5.69 Å². The molecule has 1 saturated carbocycles. The van der Waals surface area contributed by atoms with Crippen LogP contribution in [0.1, 0.15) is 58.9 Å². The van der Waals surface area contributed by atoms with Gasteiger partial charge >= 0.3 is 166 Å². The Morgan fingerprint density at radius 2 is 1.77 bits per heavy atom. The van der Waals surface area contributed by atoms with Crippen LogP contribution >= 0.6 is 0 Å². The van der Waals surface area contributed by atoms with Gasteiger partial charge in [0.25, 0.3) is 0 Å². The van der Waals surface area contributed by atoms with E-state index in [2.05, 4.69) is 68.8 Å². The summed E-state index contributed by atoms with van der Waals surface area (Å²) in [5, 5.41) is 0. The predicted molar refractivity (Wildman–Crippen MR) is 111 cm³/mol. The van der Waals surface area contributed by atoms with Crippen LogP contribution in [0.5, 0.6) is 0 Å². The Morgan fingerprint density at radius 3 is 2.35 bits per heavy atom. The molecule has 4 rings (SSSR count). The molecule has 0 aromatic heterocycles. The summed E-state index contributed by atoms with van der Waals surface area (Å²) in [5.74, 6) is 0.675. The van der Waals surface area contributed by atoms with E-state index in [1.807, 2.05) is 6.20 Å². The summed E-state index contributed by atoms with van der Waals surface area (Å²) in [6.07, 6.45) is 6.61. The van der Waals surface area contributed by atoms with Crippen molar-refractivity contribution in [2.24, 2.45) is 4.99 Å². The maximum atomic E-state index is 6.32. The monoisotopic (exact) mass is 414 g/mol. The van der Waals surface area contributed by atoms with Gasteiger partial charge in [-0.25, -0.2) is 0 Å². The summed E-state index contributed by atoms with van der Waals surface area (Å²) in [5.41, 5.74) is 3.06. The van der Waals surface area contributed by atoms with Gasteiger partial charge in [0.2, 0.25) is 0 Å². The third-order valence-electron chi connectivity index (χ3n) is 6.04. The van der Waals surface area contributed by atoms with E-state index in [1.54, 1.807) is 16.9 Å². The van der Waals surface area contributed by atoms with Crippen molar-refractivity contribution in [1.82, 2.24) is 0 Å². The molecule has 0 radical (unpaired) electrons. The van der Waals surface area contributed by atoms with E-state index in [4.69, 9.17) is 9.31 Å². The minimum atomic E-state index is -0.324. The Hall–Kier alpha value is -1.03. The number of hydrogen-bond acceptors (Lipinski definition) is 4. The molecular formula is C20H28AsBN2O2. The van der Waals surface area contributed by atoms with E-state index in [9.17, 15) is 0 Å². The fraction of sp³-hybridized carbons (Fsp3) is 0.550. The molecule has 3 aliphatic rings. The molecule has 1 aromatic rings. The van der Waals surface area contributed by atoms with Gasteiger partial charge in [0.15, 0.2) is 0 Å². The Bertz CT molecular complexity index is 770. The number of amidine groups is 1. The van der Waals surface area contributed by atoms with Crippen molar-refractivity contribution in [3.8, 4) is 0 Å². The molecule has 1 saturated heterocycles. The summed E-state index contributed by atoms with van der Waals surface area (Å²) in [4.78, 5) is 6.85. The number of nitrogens with zero attached hydrogens (tertiary/aromatic N) is 2. The Kier molecular flexibility index (Phi) is 4.41. The fourth-order valence-electron chi connectivity index (χ4n) is 3.53. The van der Waals surface area contributed by atoms with E-state index < -0.39 is 0 Å². The van der Waals surface area contributed by atoms with E-state index in [-0.39, 0.29) is 18.3 Å². The van der Waals surface area contributed by atoms with Gasteiger partial charge in [-0.3, -0.25) is 0 Å². The van der Waals surface area contributed by atoms with Crippen molar-refractivity contribution < 1.29 is 9.31 Å². The maximum absolute atomic E-state index is 6.32. The third-order valence-corrected chi connectivity index (χ3v) is 6.94. The molecule has 0 amide bonds. The van der Waals surface area contributed by atoms with Crippen molar-refractivity contribution >= 4 is 39.7 Å². The number of anilines is 1. The predicted octanol–water partition coefficient (Wildman–Crippen LogP) is 2.57. The second-order valence-corrected chi connectivity index (χ2v) is 9.74. The first-order valence-electron chi connectivity index (χ1n) is 9.48. The van der Waals surface area contributed by atoms with Gasteiger partial charge in [-0.15, -0.1) is 0 Å². The van der Waals surface area contributed by atoms with Gasteiger partial charge in [-0.1, -0.05) is 0 Å². The van der Waals surface area contributed by atoms with E-state index in [0.29, 0.717) is 12.0 Å². The Morgan fingerprint density at radius 1 is 1.12 bits per heavy atom.